The number of aryl methyl sites for hydroxylation is 2. The van der Waals surface area contributed by atoms with Crippen LogP contribution in [0.15, 0.2) is 47.6 Å². The molecule has 1 unspecified atom stereocenters. The lowest BCUT2D eigenvalue weighted by Gasteiger charge is -2.36. The molecule has 2 aliphatic rings. The first-order valence-corrected chi connectivity index (χ1v) is 16.3. The van der Waals surface area contributed by atoms with E-state index >= 15 is 0 Å². The van der Waals surface area contributed by atoms with Crippen LogP contribution in [0.4, 0.5) is 5.69 Å². The number of fused-ring (bicyclic) bond motifs is 1. The molecular formula is C31H42N6O5S. The second kappa shape index (κ2) is 12.9. The Kier molecular flexibility index (Phi) is 9.28. The predicted molar refractivity (Wildman–Crippen MR) is 165 cm³/mol. The maximum atomic E-state index is 14.0. The Bertz CT molecular complexity index is 1550. The topological polar surface area (TPSA) is 109 Å². The molecule has 3 aromatic rings. The molecule has 2 aromatic carbocycles. The van der Waals surface area contributed by atoms with Crippen LogP contribution in [0.3, 0.4) is 0 Å². The van der Waals surface area contributed by atoms with E-state index in [2.05, 4.69) is 32.5 Å². The van der Waals surface area contributed by atoms with E-state index in [0.717, 1.165) is 55.1 Å². The number of nitrogens with one attached hydrogen (secondary N) is 1. The molecule has 3 heterocycles. The van der Waals surface area contributed by atoms with Crippen molar-refractivity contribution in [3.8, 4) is 11.5 Å². The predicted octanol–water partition coefficient (Wildman–Crippen LogP) is 3.34. The summed E-state index contributed by atoms with van der Waals surface area (Å²) in [5, 5.41) is 0.00131. The van der Waals surface area contributed by atoms with Gasteiger partial charge in [-0.1, -0.05) is 19.1 Å². The molecule has 0 spiro atoms. The Morgan fingerprint density at radius 1 is 1.05 bits per heavy atom. The zero-order valence-corrected chi connectivity index (χ0v) is 26.5. The first-order valence-electron chi connectivity index (χ1n) is 14.8. The Balaban J connectivity index is 1.38. The second-order valence-electron chi connectivity index (χ2n) is 11.1. The van der Waals surface area contributed by atoms with Crippen molar-refractivity contribution in [3.63, 3.8) is 0 Å². The van der Waals surface area contributed by atoms with E-state index < -0.39 is 10.0 Å². The van der Waals surface area contributed by atoms with E-state index in [9.17, 15) is 13.2 Å². The summed E-state index contributed by atoms with van der Waals surface area (Å²) in [4.78, 5) is 24.9. The highest BCUT2D eigenvalue weighted by atomic mass is 32.2. The number of imidazole rings is 1. The number of amides is 1. The Morgan fingerprint density at radius 2 is 1.79 bits per heavy atom. The van der Waals surface area contributed by atoms with Gasteiger partial charge in [-0.05, 0) is 56.1 Å². The van der Waals surface area contributed by atoms with Crippen LogP contribution >= 0.6 is 0 Å². The number of methoxy groups -OCH3 is 2. The van der Waals surface area contributed by atoms with E-state index in [1.54, 1.807) is 32.8 Å². The summed E-state index contributed by atoms with van der Waals surface area (Å²) in [6.07, 6.45) is 2.56. The molecule has 232 valence electrons. The number of hydrogen-bond acceptors (Lipinski definition) is 8. The number of sulfonamides is 1. The van der Waals surface area contributed by atoms with Crippen LogP contribution in [0.25, 0.3) is 0 Å². The number of anilines is 1. The van der Waals surface area contributed by atoms with Crippen molar-refractivity contribution in [2.75, 3.05) is 58.4 Å². The van der Waals surface area contributed by atoms with Gasteiger partial charge in [0.15, 0.2) is 16.5 Å². The average Bonchev–Trinajstić information content (AvgIpc) is 3.55. The van der Waals surface area contributed by atoms with Crippen molar-refractivity contribution in [1.29, 1.82) is 0 Å². The summed E-state index contributed by atoms with van der Waals surface area (Å²) in [5.74, 6) is 1.78. The van der Waals surface area contributed by atoms with Gasteiger partial charge in [-0.3, -0.25) is 4.79 Å². The smallest absolute Gasteiger partial charge is 0.259 e. The number of carbonyl (C=O) groups excluding carboxylic acids is 1. The molecule has 2 aliphatic heterocycles. The first kappa shape index (κ1) is 30.8. The molecule has 1 atom stereocenters. The summed E-state index contributed by atoms with van der Waals surface area (Å²) in [5.41, 5.74) is 3.80. The zero-order chi connectivity index (χ0) is 30.7. The fourth-order valence-electron chi connectivity index (χ4n) is 5.99. The molecule has 1 saturated heterocycles. The minimum atomic E-state index is -3.75. The Morgan fingerprint density at radius 3 is 2.44 bits per heavy atom. The molecular weight excluding hydrogens is 568 g/mol. The van der Waals surface area contributed by atoms with Gasteiger partial charge in [0.2, 0.25) is 0 Å². The largest absolute Gasteiger partial charge is 0.493 e. The van der Waals surface area contributed by atoms with E-state index in [1.807, 2.05) is 35.2 Å². The molecule has 0 saturated carbocycles. The Labute approximate surface area is 254 Å². The fourth-order valence-corrected chi connectivity index (χ4v) is 7.10. The summed E-state index contributed by atoms with van der Waals surface area (Å²) in [6, 6.07) is 11.4. The van der Waals surface area contributed by atoms with Crippen molar-refractivity contribution >= 4 is 21.6 Å². The zero-order valence-electron chi connectivity index (χ0n) is 25.7. The summed E-state index contributed by atoms with van der Waals surface area (Å²) >= 11 is 0. The van der Waals surface area contributed by atoms with E-state index in [1.165, 1.54) is 6.20 Å². The lowest BCUT2D eigenvalue weighted by Crippen LogP contribution is -2.46. The lowest BCUT2D eigenvalue weighted by atomic mass is 9.99. The minimum Gasteiger partial charge on any atom is -0.493 e. The van der Waals surface area contributed by atoms with Crippen molar-refractivity contribution in [1.82, 2.24) is 24.1 Å². The number of aromatic nitrogens is 2. The fraction of sp³-hybridized carbons (Fsp3) is 0.484. The monoisotopic (exact) mass is 610 g/mol. The van der Waals surface area contributed by atoms with Gasteiger partial charge in [0.05, 0.1) is 20.3 Å². The van der Waals surface area contributed by atoms with Gasteiger partial charge >= 0.3 is 0 Å². The van der Waals surface area contributed by atoms with Crippen molar-refractivity contribution in [2.45, 2.75) is 44.3 Å². The molecule has 12 heteroatoms. The van der Waals surface area contributed by atoms with Crippen LogP contribution in [-0.2, 0) is 23.6 Å². The number of carbonyl (C=O) groups is 1. The molecule has 0 bridgehead atoms. The summed E-state index contributed by atoms with van der Waals surface area (Å²) < 4.78 is 41.1. The average molecular weight is 611 g/mol. The number of benzene rings is 2. The highest BCUT2D eigenvalue weighted by Gasteiger charge is 2.36. The van der Waals surface area contributed by atoms with Gasteiger partial charge in [0.25, 0.3) is 15.9 Å². The summed E-state index contributed by atoms with van der Waals surface area (Å²) in [6.45, 7) is 9.53. The SMILES string of the molecule is CCN1CCN(c2cccc3c2CN(C(CCCNS(=O)(=O)c2cn(C)c(C)n2)c2ccc(OC)c(OC)c2)C3=O)CC1. The lowest BCUT2D eigenvalue weighted by molar-refractivity contribution is 0.0689. The van der Waals surface area contributed by atoms with Gasteiger partial charge in [-0.2, -0.15) is 0 Å². The van der Waals surface area contributed by atoms with Gasteiger partial charge in [-0.25, -0.2) is 18.1 Å². The van der Waals surface area contributed by atoms with Gasteiger partial charge in [0, 0.05) is 69.3 Å². The standard InChI is InChI=1S/C31H42N6O5S/c1-6-35-15-17-36(18-16-35)27-10-7-9-24-25(27)20-37(31(24)38)26(23-12-13-28(41-4)29(19-23)42-5)11-8-14-32-43(39,40)30-21-34(3)22(2)33-30/h7,9-10,12-13,19,21,26,32H,6,8,11,14-18,20H2,1-5H3. The third kappa shape index (κ3) is 6.36. The van der Waals surface area contributed by atoms with E-state index in [-0.39, 0.29) is 23.5 Å². The van der Waals surface area contributed by atoms with Crippen molar-refractivity contribution in [2.24, 2.45) is 7.05 Å². The van der Waals surface area contributed by atoms with Crippen molar-refractivity contribution in [3.05, 3.63) is 65.1 Å². The first-order chi connectivity index (χ1) is 20.7. The molecule has 1 fully saturated rings. The highest BCUT2D eigenvalue weighted by molar-refractivity contribution is 7.89. The van der Waals surface area contributed by atoms with E-state index in [4.69, 9.17) is 9.47 Å². The second-order valence-corrected chi connectivity index (χ2v) is 12.8. The van der Waals surface area contributed by atoms with Gasteiger partial charge in [-0.15, -0.1) is 0 Å². The molecule has 0 radical (unpaired) electrons. The molecule has 11 nitrogen and oxygen atoms in total. The van der Waals surface area contributed by atoms with Gasteiger partial charge in [0.1, 0.15) is 5.82 Å². The number of ether oxygens (including phenoxy) is 2. The molecule has 0 aliphatic carbocycles. The molecule has 1 N–H and O–H groups in total. The number of nitrogens with zero attached hydrogens (tertiary/aromatic N) is 5. The molecule has 1 aromatic heterocycles. The maximum Gasteiger partial charge on any atom is 0.259 e. The van der Waals surface area contributed by atoms with Crippen LogP contribution in [-0.4, -0.2) is 87.2 Å². The molecule has 43 heavy (non-hydrogen) atoms. The Hall–Kier alpha value is -3.61. The van der Waals surface area contributed by atoms with Crippen LogP contribution in [0.2, 0.25) is 0 Å². The number of rotatable bonds is 12. The van der Waals surface area contributed by atoms with Crippen molar-refractivity contribution < 1.29 is 22.7 Å². The van der Waals surface area contributed by atoms with Crippen LogP contribution in [0.5, 0.6) is 11.5 Å². The third-order valence-electron chi connectivity index (χ3n) is 8.61. The van der Waals surface area contributed by atoms with Crippen LogP contribution in [0.1, 0.15) is 53.1 Å². The highest BCUT2D eigenvalue weighted by Crippen LogP contribution is 2.40. The molecule has 5 rings (SSSR count). The number of likely N-dealkylation sites (N-methyl/N-ethyl adjacent to an activating group) is 1. The van der Waals surface area contributed by atoms with Gasteiger partial charge < -0.3 is 28.7 Å². The number of hydrogen-bond donors (Lipinski definition) is 1. The quantitative estimate of drug-likeness (QED) is 0.311. The van der Waals surface area contributed by atoms with Crippen LogP contribution < -0.4 is 19.1 Å². The third-order valence-corrected chi connectivity index (χ3v) is 9.94. The summed E-state index contributed by atoms with van der Waals surface area (Å²) in [7, 11) is 1.19. The number of piperazine rings is 1. The maximum absolute atomic E-state index is 14.0. The van der Waals surface area contributed by atoms with E-state index in [0.29, 0.717) is 36.7 Å². The molecule has 1 amide bonds. The van der Waals surface area contributed by atoms with Crippen LogP contribution in [0, 0.1) is 6.92 Å². The minimum absolute atomic E-state index is 0.00131. The normalized spacial score (nSPS) is 16.4.